The third-order valence-electron chi connectivity index (χ3n) is 2.68. The van der Waals surface area contributed by atoms with Crippen molar-refractivity contribution in [2.24, 2.45) is 5.41 Å². The van der Waals surface area contributed by atoms with Crippen LogP contribution in [-0.2, 0) is 9.53 Å². The van der Waals surface area contributed by atoms with Gasteiger partial charge in [0, 0.05) is 12.3 Å². The first-order valence-corrected chi connectivity index (χ1v) is 4.76. The van der Waals surface area contributed by atoms with Crippen LogP contribution >= 0.6 is 0 Å². The Balaban J connectivity index is 2.31. The van der Waals surface area contributed by atoms with Crippen LogP contribution < -0.4 is 0 Å². The van der Waals surface area contributed by atoms with Crippen molar-refractivity contribution in [3.8, 4) is 0 Å². The van der Waals surface area contributed by atoms with E-state index in [0.29, 0.717) is 6.61 Å². The molecule has 0 radical (unpaired) electrons. The monoisotopic (exact) mass is 170 g/mol. The number of rotatable bonds is 2. The van der Waals surface area contributed by atoms with Gasteiger partial charge in [0.25, 0.3) is 0 Å². The number of carbonyl (C=O) groups excluding carboxylic acids is 1. The minimum Gasteiger partial charge on any atom is -0.465 e. The van der Waals surface area contributed by atoms with Crippen LogP contribution in [0, 0.1) is 5.41 Å². The van der Waals surface area contributed by atoms with Crippen molar-refractivity contribution in [3.05, 3.63) is 0 Å². The highest BCUT2D eigenvalue weighted by Crippen LogP contribution is 2.35. The zero-order valence-corrected chi connectivity index (χ0v) is 8.06. The predicted octanol–water partition coefficient (Wildman–Crippen LogP) is 2.52. The molecule has 0 bridgehead atoms. The van der Waals surface area contributed by atoms with E-state index in [2.05, 4.69) is 6.92 Å². The lowest BCUT2D eigenvalue weighted by Gasteiger charge is -2.32. The predicted molar refractivity (Wildman–Crippen MR) is 47.8 cm³/mol. The van der Waals surface area contributed by atoms with E-state index in [4.69, 9.17) is 4.74 Å². The Morgan fingerprint density at radius 2 is 1.92 bits per heavy atom. The van der Waals surface area contributed by atoms with Crippen LogP contribution in [0.2, 0.25) is 0 Å². The lowest BCUT2D eigenvalue weighted by molar-refractivity contribution is -0.145. The van der Waals surface area contributed by atoms with Gasteiger partial charge in [-0.15, -0.1) is 0 Å². The van der Waals surface area contributed by atoms with Crippen LogP contribution in [-0.4, -0.2) is 12.6 Å². The van der Waals surface area contributed by atoms with Gasteiger partial charge >= 0.3 is 5.97 Å². The largest absolute Gasteiger partial charge is 0.465 e. The van der Waals surface area contributed by atoms with Gasteiger partial charge in [0.05, 0.1) is 6.61 Å². The Bertz CT molecular complexity index is 157. The van der Waals surface area contributed by atoms with Crippen molar-refractivity contribution >= 4 is 5.97 Å². The molecule has 0 aromatic rings. The quantitative estimate of drug-likeness (QED) is 0.595. The minimum absolute atomic E-state index is 0.151. The summed E-state index contributed by atoms with van der Waals surface area (Å²) in [5.41, 5.74) is 0.268. The van der Waals surface area contributed by atoms with Crippen molar-refractivity contribution in [1.82, 2.24) is 0 Å². The maximum absolute atomic E-state index is 10.6. The summed E-state index contributed by atoms with van der Waals surface area (Å²) in [4.78, 5) is 10.6. The maximum Gasteiger partial charge on any atom is 0.302 e. The Morgan fingerprint density at radius 1 is 1.33 bits per heavy atom. The topological polar surface area (TPSA) is 26.3 Å². The van der Waals surface area contributed by atoms with E-state index < -0.39 is 0 Å². The molecule has 1 aliphatic rings. The third-order valence-corrected chi connectivity index (χ3v) is 2.68. The fourth-order valence-electron chi connectivity index (χ4n) is 1.83. The molecule has 0 unspecified atom stereocenters. The van der Waals surface area contributed by atoms with Crippen molar-refractivity contribution in [2.75, 3.05) is 6.61 Å². The van der Waals surface area contributed by atoms with E-state index in [1.54, 1.807) is 0 Å². The van der Waals surface area contributed by atoms with Crippen LogP contribution in [0.3, 0.4) is 0 Å². The van der Waals surface area contributed by atoms with E-state index in [-0.39, 0.29) is 11.4 Å². The maximum atomic E-state index is 10.6. The van der Waals surface area contributed by atoms with Crippen LogP contribution in [0.4, 0.5) is 0 Å². The van der Waals surface area contributed by atoms with E-state index in [1.807, 2.05) is 0 Å². The Hall–Kier alpha value is -0.530. The molecule has 0 amide bonds. The molecule has 2 heteroatoms. The number of esters is 1. The molecular formula is C10H18O2. The van der Waals surface area contributed by atoms with Gasteiger partial charge < -0.3 is 4.74 Å². The molecule has 12 heavy (non-hydrogen) atoms. The first-order chi connectivity index (χ1) is 5.62. The number of carbonyl (C=O) groups is 1. The van der Waals surface area contributed by atoms with E-state index in [1.165, 1.54) is 39.0 Å². The molecule has 0 heterocycles. The zero-order chi connectivity index (χ0) is 9.03. The standard InChI is InChI=1S/C10H18O2/c1-9(11)12-8-10(2)6-4-3-5-7-10/h3-8H2,1-2H3. The van der Waals surface area contributed by atoms with Crippen LogP contribution in [0.5, 0.6) is 0 Å². The minimum atomic E-state index is -0.151. The Morgan fingerprint density at radius 3 is 2.42 bits per heavy atom. The number of hydrogen-bond donors (Lipinski definition) is 0. The van der Waals surface area contributed by atoms with Crippen LogP contribution in [0.1, 0.15) is 46.0 Å². The summed E-state index contributed by atoms with van der Waals surface area (Å²) in [5, 5.41) is 0. The van der Waals surface area contributed by atoms with Crippen LogP contribution in [0.25, 0.3) is 0 Å². The average Bonchev–Trinajstić information content (AvgIpc) is 2.03. The van der Waals surface area contributed by atoms with Gasteiger partial charge in [-0.2, -0.15) is 0 Å². The van der Waals surface area contributed by atoms with Gasteiger partial charge in [0.15, 0.2) is 0 Å². The van der Waals surface area contributed by atoms with Gasteiger partial charge in [-0.3, -0.25) is 4.79 Å². The summed E-state index contributed by atoms with van der Waals surface area (Å²) in [6, 6.07) is 0. The molecule has 0 saturated heterocycles. The molecule has 1 fully saturated rings. The second-order valence-electron chi connectivity index (χ2n) is 4.15. The summed E-state index contributed by atoms with van der Waals surface area (Å²) >= 11 is 0. The second kappa shape index (κ2) is 3.92. The molecule has 0 aromatic carbocycles. The molecule has 1 aliphatic carbocycles. The summed E-state index contributed by atoms with van der Waals surface area (Å²) in [5.74, 6) is -0.151. The molecule has 0 atom stereocenters. The molecule has 0 aliphatic heterocycles. The highest BCUT2D eigenvalue weighted by Gasteiger charge is 2.27. The molecule has 0 spiro atoms. The number of hydrogen-bond acceptors (Lipinski definition) is 2. The second-order valence-corrected chi connectivity index (χ2v) is 4.15. The summed E-state index contributed by atoms with van der Waals surface area (Å²) < 4.78 is 5.05. The summed E-state index contributed by atoms with van der Waals surface area (Å²) in [6.07, 6.45) is 6.34. The fourth-order valence-corrected chi connectivity index (χ4v) is 1.83. The van der Waals surface area contributed by atoms with Gasteiger partial charge in [-0.05, 0) is 12.8 Å². The summed E-state index contributed by atoms with van der Waals surface area (Å²) in [6.45, 7) is 4.31. The molecule has 1 rings (SSSR count). The van der Waals surface area contributed by atoms with Crippen molar-refractivity contribution in [3.63, 3.8) is 0 Å². The average molecular weight is 170 g/mol. The number of ether oxygens (including phenoxy) is 1. The normalized spacial score (nSPS) is 21.8. The molecule has 2 nitrogen and oxygen atoms in total. The van der Waals surface area contributed by atoms with Gasteiger partial charge in [-0.25, -0.2) is 0 Å². The van der Waals surface area contributed by atoms with Crippen molar-refractivity contribution in [2.45, 2.75) is 46.0 Å². The van der Waals surface area contributed by atoms with Crippen molar-refractivity contribution < 1.29 is 9.53 Å². The highest BCUT2D eigenvalue weighted by molar-refractivity contribution is 5.65. The van der Waals surface area contributed by atoms with E-state index in [9.17, 15) is 4.79 Å². The van der Waals surface area contributed by atoms with Gasteiger partial charge in [0.1, 0.15) is 0 Å². The SMILES string of the molecule is CC(=O)OCC1(C)CCCCC1. The first kappa shape index (κ1) is 9.56. The van der Waals surface area contributed by atoms with Crippen LogP contribution in [0.15, 0.2) is 0 Å². The molecule has 0 N–H and O–H groups in total. The van der Waals surface area contributed by atoms with Gasteiger partial charge in [-0.1, -0.05) is 26.2 Å². The first-order valence-electron chi connectivity index (χ1n) is 4.76. The van der Waals surface area contributed by atoms with Crippen molar-refractivity contribution in [1.29, 1.82) is 0 Å². The van der Waals surface area contributed by atoms with Gasteiger partial charge in [0.2, 0.25) is 0 Å². The third kappa shape index (κ3) is 2.84. The molecule has 70 valence electrons. The molecular weight excluding hydrogens is 152 g/mol. The molecule has 1 saturated carbocycles. The Kier molecular flexibility index (Phi) is 3.12. The van der Waals surface area contributed by atoms with E-state index >= 15 is 0 Å². The lowest BCUT2D eigenvalue weighted by atomic mass is 9.76. The highest BCUT2D eigenvalue weighted by atomic mass is 16.5. The summed E-state index contributed by atoms with van der Waals surface area (Å²) in [7, 11) is 0. The van der Waals surface area contributed by atoms with E-state index in [0.717, 1.165) is 0 Å². The smallest absolute Gasteiger partial charge is 0.302 e. The molecule has 0 aromatic heterocycles. The fraction of sp³-hybridized carbons (Fsp3) is 0.900. The Labute approximate surface area is 74.3 Å². The lowest BCUT2D eigenvalue weighted by Crippen LogP contribution is -2.27. The zero-order valence-electron chi connectivity index (χ0n) is 8.06.